The molecule has 1 aromatic carbocycles. The van der Waals surface area contributed by atoms with Crippen LogP contribution < -0.4 is 4.74 Å². The van der Waals surface area contributed by atoms with Crippen LogP contribution in [0.2, 0.25) is 0 Å². The summed E-state index contributed by atoms with van der Waals surface area (Å²) >= 11 is 0. The molecule has 0 amide bonds. The third kappa shape index (κ3) is 3.85. The number of benzene rings is 1. The number of hydrogen-bond donors (Lipinski definition) is 1. The lowest BCUT2D eigenvalue weighted by Crippen LogP contribution is -2.47. The Morgan fingerprint density at radius 3 is 2.92 bits per heavy atom. The second-order valence-corrected chi connectivity index (χ2v) is 6.76. The van der Waals surface area contributed by atoms with Crippen molar-refractivity contribution in [2.45, 2.75) is 45.3 Å². The summed E-state index contributed by atoms with van der Waals surface area (Å²) in [5.74, 6) is 0.980. The van der Waals surface area contributed by atoms with Crippen molar-refractivity contribution in [3.8, 4) is 17.2 Å². The zero-order chi connectivity index (χ0) is 18.0. The highest BCUT2D eigenvalue weighted by Crippen LogP contribution is 2.29. The van der Waals surface area contributed by atoms with Gasteiger partial charge in [-0.25, -0.2) is 9.37 Å². The van der Waals surface area contributed by atoms with Gasteiger partial charge in [0.1, 0.15) is 17.3 Å². The van der Waals surface area contributed by atoms with E-state index < -0.39 is 11.4 Å². The van der Waals surface area contributed by atoms with Crippen LogP contribution in [0.4, 0.5) is 4.39 Å². The Balaban J connectivity index is 1.79. The van der Waals surface area contributed by atoms with E-state index in [0.29, 0.717) is 30.2 Å². The van der Waals surface area contributed by atoms with Gasteiger partial charge in [-0.05, 0) is 44.9 Å². The number of halogens is 1. The van der Waals surface area contributed by atoms with Crippen molar-refractivity contribution in [1.29, 1.82) is 0 Å². The summed E-state index contributed by atoms with van der Waals surface area (Å²) in [6, 6.07) is 4.62. The first-order valence-electron chi connectivity index (χ1n) is 8.69. The molecule has 1 aliphatic rings. The maximum absolute atomic E-state index is 14.2. The quantitative estimate of drug-likeness (QED) is 0.896. The minimum Gasteiger partial charge on any atom is -0.497 e. The number of methoxy groups -OCH3 is 1. The van der Waals surface area contributed by atoms with Crippen molar-refractivity contribution < 1.29 is 18.7 Å². The molecule has 3 rings (SSSR count). The van der Waals surface area contributed by atoms with Gasteiger partial charge in [0.2, 0.25) is 5.89 Å². The normalized spacial score (nSPS) is 21.5. The van der Waals surface area contributed by atoms with Crippen molar-refractivity contribution in [2.75, 3.05) is 20.2 Å². The lowest BCUT2D eigenvalue weighted by molar-refractivity contribution is -0.0361. The molecule has 136 valence electrons. The predicted octanol–water partition coefficient (Wildman–Crippen LogP) is 3.53. The summed E-state index contributed by atoms with van der Waals surface area (Å²) < 4.78 is 25.0. The van der Waals surface area contributed by atoms with Gasteiger partial charge in [-0.15, -0.1) is 0 Å². The fraction of sp³-hybridized carbons (Fsp3) is 0.526. The molecule has 2 aromatic rings. The molecule has 0 spiro atoms. The number of rotatable bonds is 5. The third-order valence-corrected chi connectivity index (χ3v) is 4.97. The van der Waals surface area contributed by atoms with Crippen molar-refractivity contribution in [1.82, 2.24) is 9.88 Å². The van der Waals surface area contributed by atoms with Gasteiger partial charge < -0.3 is 14.3 Å². The number of hydrogen-bond acceptors (Lipinski definition) is 5. The molecule has 1 atom stereocenters. The molecule has 1 fully saturated rings. The van der Waals surface area contributed by atoms with E-state index in [1.165, 1.54) is 13.2 Å². The molecule has 1 N–H and O–H groups in total. The minimum atomic E-state index is -0.624. The van der Waals surface area contributed by atoms with Crippen LogP contribution in [0.3, 0.4) is 0 Å². The molecule has 25 heavy (non-hydrogen) atoms. The summed E-state index contributed by atoms with van der Waals surface area (Å²) in [6.07, 6.45) is 2.53. The van der Waals surface area contributed by atoms with E-state index in [-0.39, 0.29) is 5.89 Å². The van der Waals surface area contributed by atoms with Crippen LogP contribution in [-0.2, 0) is 6.54 Å². The summed E-state index contributed by atoms with van der Waals surface area (Å²) in [6.45, 7) is 5.98. The molecule has 5 nitrogen and oxygen atoms in total. The molecular formula is C19H25FN2O3. The minimum absolute atomic E-state index is 0.274. The van der Waals surface area contributed by atoms with Gasteiger partial charge in [0, 0.05) is 19.2 Å². The number of ether oxygens (including phenoxy) is 1. The van der Waals surface area contributed by atoms with E-state index in [1.807, 2.05) is 13.8 Å². The van der Waals surface area contributed by atoms with Gasteiger partial charge in [0.25, 0.3) is 0 Å². The fourth-order valence-electron chi connectivity index (χ4n) is 3.33. The average Bonchev–Trinajstić information content (AvgIpc) is 2.95. The maximum Gasteiger partial charge on any atom is 0.229 e. The molecule has 1 saturated heterocycles. The molecule has 1 aliphatic heterocycles. The fourth-order valence-corrected chi connectivity index (χ4v) is 3.33. The number of aryl methyl sites for hydroxylation is 1. The Bertz CT molecular complexity index is 746. The van der Waals surface area contributed by atoms with Crippen LogP contribution in [0.15, 0.2) is 22.6 Å². The van der Waals surface area contributed by atoms with E-state index in [0.717, 1.165) is 31.5 Å². The van der Waals surface area contributed by atoms with Crippen LogP contribution in [0.1, 0.15) is 37.6 Å². The van der Waals surface area contributed by atoms with Crippen LogP contribution >= 0.6 is 0 Å². The van der Waals surface area contributed by atoms with Gasteiger partial charge in [-0.1, -0.05) is 6.92 Å². The Morgan fingerprint density at radius 1 is 1.44 bits per heavy atom. The lowest BCUT2D eigenvalue weighted by atomic mass is 9.90. The van der Waals surface area contributed by atoms with Gasteiger partial charge in [-0.2, -0.15) is 0 Å². The van der Waals surface area contributed by atoms with Gasteiger partial charge in [-0.3, -0.25) is 4.90 Å². The SMILES string of the molecule is CCC1(O)CCCN(Cc2nc(-c3ccc(OC)cc3F)oc2C)C1. The lowest BCUT2D eigenvalue weighted by Gasteiger charge is -2.38. The van der Waals surface area contributed by atoms with E-state index in [4.69, 9.17) is 9.15 Å². The van der Waals surface area contributed by atoms with Crippen molar-refractivity contribution in [3.63, 3.8) is 0 Å². The molecule has 0 bridgehead atoms. The summed E-state index contributed by atoms with van der Waals surface area (Å²) in [4.78, 5) is 6.68. The zero-order valence-electron chi connectivity index (χ0n) is 15.0. The summed E-state index contributed by atoms with van der Waals surface area (Å²) in [7, 11) is 1.50. The number of likely N-dealkylation sites (tertiary alicyclic amines) is 1. The molecular weight excluding hydrogens is 323 g/mol. The second-order valence-electron chi connectivity index (χ2n) is 6.76. The van der Waals surface area contributed by atoms with E-state index in [2.05, 4.69) is 9.88 Å². The Kier molecular flexibility index (Phi) is 5.11. The van der Waals surface area contributed by atoms with Crippen molar-refractivity contribution in [2.24, 2.45) is 0 Å². The number of piperidine rings is 1. The third-order valence-electron chi connectivity index (χ3n) is 4.97. The average molecular weight is 348 g/mol. The molecule has 1 aromatic heterocycles. The van der Waals surface area contributed by atoms with Crippen LogP contribution in [0, 0.1) is 12.7 Å². The first kappa shape index (κ1) is 17.9. The van der Waals surface area contributed by atoms with E-state index in [9.17, 15) is 9.50 Å². The van der Waals surface area contributed by atoms with E-state index in [1.54, 1.807) is 12.1 Å². The molecule has 6 heteroatoms. The zero-order valence-corrected chi connectivity index (χ0v) is 15.0. The number of β-amino-alcohol motifs (C(OH)–C–C–N with tert-alkyl or cyclic N) is 1. The largest absolute Gasteiger partial charge is 0.497 e. The topological polar surface area (TPSA) is 58.7 Å². The van der Waals surface area contributed by atoms with Gasteiger partial charge in [0.15, 0.2) is 0 Å². The Hall–Kier alpha value is -1.92. The molecule has 0 saturated carbocycles. The van der Waals surface area contributed by atoms with Gasteiger partial charge >= 0.3 is 0 Å². The summed E-state index contributed by atoms with van der Waals surface area (Å²) in [5.41, 5.74) is 0.477. The number of aromatic nitrogens is 1. The van der Waals surface area contributed by atoms with Gasteiger partial charge in [0.05, 0.1) is 24.0 Å². The van der Waals surface area contributed by atoms with E-state index >= 15 is 0 Å². The van der Waals surface area contributed by atoms with Crippen LogP contribution in [0.25, 0.3) is 11.5 Å². The van der Waals surface area contributed by atoms with Crippen molar-refractivity contribution in [3.05, 3.63) is 35.5 Å². The van der Waals surface area contributed by atoms with Crippen LogP contribution in [0.5, 0.6) is 5.75 Å². The first-order valence-corrected chi connectivity index (χ1v) is 8.69. The molecule has 1 unspecified atom stereocenters. The number of nitrogens with zero attached hydrogens (tertiary/aromatic N) is 2. The smallest absolute Gasteiger partial charge is 0.229 e. The predicted molar refractivity (Wildman–Crippen MR) is 92.9 cm³/mol. The molecule has 0 radical (unpaired) electrons. The highest BCUT2D eigenvalue weighted by molar-refractivity contribution is 5.56. The molecule has 2 heterocycles. The highest BCUT2D eigenvalue weighted by atomic mass is 19.1. The first-order chi connectivity index (χ1) is 11.9. The standard InChI is InChI=1S/C19H25FN2O3/c1-4-19(23)8-5-9-22(12-19)11-17-13(2)25-18(21-17)15-7-6-14(24-3)10-16(15)20/h6-7,10,23H,4-5,8-9,11-12H2,1-3H3. The number of oxazole rings is 1. The molecule has 0 aliphatic carbocycles. The summed E-state index contributed by atoms with van der Waals surface area (Å²) in [5, 5.41) is 10.5. The maximum atomic E-state index is 14.2. The highest BCUT2D eigenvalue weighted by Gasteiger charge is 2.32. The van der Waals surface area contributed by atoms with Crippen molar-refractivity contribution >= 4 is 0 Å². The van der Waals surface area contributed by atoms with Crippen LogP contribution in [-0.4, -0.2) is 40.8 Å². The monoisotopic (exact) mass is 348 g/mol. The number of aliphatic hydroxyl groups is 1. The second kappa shape index (κ2) is 7.14. The Labute approximate surface area is 147 Å². The Morgan fingerprint density at radius 2 is 2.24 bits per heavy atom.